The van der Waals surface area contributed by atoms with Crippen LogP contribution in [0.2, 0.25) is 0 Å². The van der Waals surface area contributed by atoms with Gasteiger partial charge in [-0.05, 0) is 37.5 Å². The molecule has 84 valence electrons. The van der Waals surface area contributed by atoms with E-state index in [1.807, 2.05) is 12.1 Å². The highest BCUT2D eigenvalue weighted by atomic mass is 79.9. The molecule has 0 spiro atoms. The van der Waals surface area contributed by atoms with Crippen molar-refractivity contribution in [3.63, 3.8) is 0 Å². The van der Waals surface area contributed by atoms with Crippen LogP contribution < -0.4 is 4.90 Å². The number of nitriles is 1. The number of anilines is 1. The summed E-state index contributed by atoms with van der Waals surface area (Å²) in [5.74, 6) is 0. The SMILES string of the molecule is CCC1CCCN1c1cc(Br)cc(C#N)c1. The Balaban J connectivity index is 2.33. The van der Waals surface area contributed by atoms with Crippen LogP contribution in [-0.4, -0.2) is 12.6 Å². The van der Waals surface area contributed by atoms with Crippen LogP contribution in [0, 0.1) is 11.3 Å². The van der Waals surface area contributed by atoms with E-state index >= 15 is 0 Å². The topological polar surface area (TPSA) is 27.0 Å². The highest BCUT2D eigenvalue weighted by molar-refractivity contribution is 9.10. The van der Waals surface area contributed by atoms with Crippen molar-refractivity contribution in [1.29, 1.82) is 5.26 Å². The van der Waals surface area contributed by atoms with Gasteiger partial charge in [0, 0.05) is 22.7 Å². The van der Waals surface area contributed by atoms with E-state index in [0.29, 0.717) is 6.04 Å². The number of hydrogen-bond acceptors (Lipinski definition) is 2. The van der Waals surface area contributed by atoms with Crippen molar-refractivity contribution in [2.24, 2.45) is 0 Å². The third-order valence-corrected chi connectivity index (χ3v) is 3.65. The third-order valence-electron chi connectivity index (χ3n) is 3.19. The Morgan fingerprint density at radius 1 is 1.50 bits per heavy atom. The van der Waals surface area contributed by atoms with Gasteiger partial charge in [0.25, 0.3) is 0 Å². The van der Waals surface area contributed by atoms with Crippen molar-refractivity contribution in [2.45, 2.75) is 32.2 Å². The molecule has 0 aromatic heterocycles. The summed E-state index contributed by atoms with van der Waals surface area (Å²) in [6.45, 7) is 3.34. The molecule has 2 nitrogen and oxygen atoms in total. The van der Waals surface area contributed by atoms with Crippen LogP contribution in [0.15, 0.2) is 22.7 Å². The lowest BCUT2D eigenvalue weighted by molar-refractivity contribution is 0.645. The molecule has 1 fully saturated rings. The number of rotatable bonds is 2. The van der Waals surface area contributed by atoms with Gasteiger partial charge in [0.2, 0.25) is 0 Å². The summed E-state index contributed by atoms with van der Waals surface area (Å²) in [7, 11) is 0. The van der Waals surface area contributed by atoms with Crippen LogP contribution in [0.5, 0.6) is 0 Å². The minimum Gasteiger partial charge on any atom is -0.368 e. The lowest BCUT2D eigenvalue weighted by atomic mass is 10.1. The summed E-state index contributed by atoms with van der Waals surface area (Å²) in [4.78, 5) is 2.42. The summed E-state index contributed by atoms with van der Waals surface area (Å²) < 4.78 is 0.989. The summed E-state index contributed by atoms with van der Waals surface area (Å²) >= 11 is 3.46. The maximum absolute atomic E-state index is 8.96. The first kappa shape index (κ1) is 11.5. The van der Waals surface area contributed by atoms with Crippen LogP contribution in [-0.2, 0) is 0 Å². The van der Waals surface area contributed by atoms with Gasteiger partial charge in [-0.15, -0.1) is 0 Å². The van der Waals surface area contributed by atoms with Gasteiger partial charge in [-0.2, -0.15) is 5.26 Å². The van der Waals surface area contributed by atoms with Crippen LogP contribution in [0.4, 0.5) is 5.69 Å². The van der Waals surface area contributed by atoms with E-state index in [-0.39, 0.29) is 0 Å². The summed E-state index contributed by atoms with van der Waals surface area (Å²) in [6, 6.07) is 8.80. The Bertz CT molecular complexity index is 422. The second-order valence-electron chi connectivity index (χ2n) is 4.21. The molecule has 1 saturated heterocycles. The monoisotopic (exact) mass is 278 g/mol. The Morgan fingerprint density at radius 2 is 2.31 bits per heavy atom. The average Bonchev–Trinajstić information content (AvgIpc) is 2.76. The molecule has 0 N–H and O–H groups in total. The second-order valence-corrected chi connectivity index (χ2v) is 5.12. The number of halogens is 1. The molecule has 1 heterocycles. The smallest absolute Gasteiger partial charge is 0.0992 e. The fraction of sp³-hybridized carbons (Fsp3) is 0.462. The van der Waals surface area contributed by atoms with E-state index in [2.05, 4.69) is 39.9 Å². The molecule has 0 radical (unpaired) electrons. The molecule has 16 heavy (non-hydrogen) atoms. The van der Waals surface area contributed by atoms with Crippen LogP contribution >= 0.6 is 15.9 Å². The van der Waals surface area contributed by atoms with Gasteiger partial charge < -0.3 is 4.90 Å². The van der Waals surface area contributed by atoms with Crippen molar-refractivity contribution >= 4 is 21.6 Å². The second kappa shape index (κ2) is 4.88. The van der Waals surface area contributed by atoms with Crippen LogP contribution in [0.3, 0.4) is 0 Å². The standard InChI is InChI=1S/C13H15BrN2/c1-2-12-4-3-5-16(12)13-7-10(9-15)6-11(14)8-13/h6-8,12H,2-5H2,1H3. The van der Waals surface area contributed by atoms with Gasteiger partial charge in [-0.25, -0.2) is 0 Å². The highest BCUT2D eigenvalue weighted by Crippen LogP contribution is 2.30. The van der Waals surface area contributed by atoms with Crippen LogP contribution in [0.25, 0.3) is 0 Å². The Labute approximate surface area is 105 Å². The van der Waals surface area contributed by atoms with E-state index < -0.39 is 0 Å². The zero-order valence-corrected chi connectivity index (χ0v) is 11.0. The van der Waals surface area contributed by atoms with Gasteiger partial charge in [-0.1, -0.05) is 22.9 Å². The van der Waals surface area contributed by atoms with Gasteiger partial charge in [0.1, 0.15) is 0 Å². The van der Waals surface area contributed by atoms with Gasteiger partial charge in [-0.3, -0.25) is 0 Å². The molecule has 3 heteroatoms. The summed E-state index contributed by atoms with van der Waals surface area (Å²) in [6.07, 6.45) is 3.70. The normalized spacial score (nSPS) is 19.8. The molecule has 0 bridgehead atoms. The first-order valence-electron chi connectivity index (χ1n) is 5.72. The number of benzene rings is 1. The minimum atomic E-state index is 0.640. The lowest BCUT2D eigenvalue weighted by Crippen LogP contribution is -2.28. The molecule has 1 aliphatic heterocycles. The van der Waals surface area contributed by atoms with E-state index in [9.17, 15) is 0 Å². The minimum absolute atomic E-state index is 0.640. The molecule has 0 amide bonds. The van der Waals surface area contributed by atoms with E-state index in [4.69, 9.17) is 5.26 Å². The first-order chi connectivity index (χ1) is 7.74. The van der Waals surface area contributed by atoms with Gasteiger partial charge in [0.05, 0.1) is 11.6 Å². The maximum atomic E-state index is 8.96. The lowest BCUT2D eigenvalue weighted by Gasteiger charge is -2.26. The Kier molecular flexibility index (Phi) is 3.50. The summed E-state index contributed by atoms with van der Waals surface area (Å²) in [5.41, 5.74) is 1.90. The van der Waals surface area contributed by atoms with Crippen LogP contribution in [0.1, 0.15) is 31.7 Å². The molecule has 0 aliphatic carbocycles. The Morgan fingerprint density at radius 3 is 3.00 bits per heavy atom. The third kappa shape index (κ3) is 2.22. The van der Waals surface area contributed by atoms with Crippen molar-refractivity contribution in [3.8, 4) is 6.07 Å². The quantitative estimate of drug-likeness (QED) is 0.825. The summed E-state index contributed by atoms with van der Waals surface area (Å²) in [5, 5.41) is 8.96. The van der Waals surface area contributed by atoms with Crippen molar-refractivity contribution in [1.82, 2.24) is 0 Å². The Hall–Kier alpha value is -1.01. The van der Waals surface area contributed by atoms with Crippen molar-refractivity contribution in [2.75, 3.05) is 11.4 Å². The predicted octanol–water partition coefficient (Wildman–Crippen LogP) is 3.70. The number of nitrogens with zero attached hydrogens (tertiary/aromatic N) is 2. The molecule has 1 aliphatic rings. The maximum Gasteiger partial charge on any atom is 0.0992 e. The molecule has 1 unspecified atom stereocenters. The average molecular weight is 279 g/mol. The molecule has 2 rings (SSSR count). The van der Waals surface area contributed by atoms with Crippen molar-refractivity contribution in [3.05, 3.63) is 28.2 Å². The number of hydrogen-bond donors (Lipinski definition) is 0. The molecule has 1 atom stereocenters. The van der Waals surface area contributed by atoms with E-state index in [1.54, 1.807) is 0 Å². The van der Waals surface area contributed by atoms with Gasteiger partial charge in [0.15, 0.2) is 0 Å². The van der Waals surface area contributed by atoms with Crippen molar-refractivity contribution < 1.29 is 0 Å². The molecule has 0 saturated carbocycles. The molecule has 1 aromatic carbocycles. The van der Waals surface area contributed by atoms with E-state index in [0.717, 1.165) is 16.6 Å². The highest BCUT2D eigenvalue weighted by Gasteiger charge is 2.23. The molecular formula is C13H15BrN2. The predicted molar refractivity (Wildman–Crippen MR) is 69.5 cm³/mol. The zero-order valence-electron chi connectivity index (χ0n) is 9.41. The first-order valence-corrected chi connectivity index (χ1v) is 6.51. The van der Waals surface area contributed by atoms with Gasteiger partial charge >= 0.3 is 0 Å². The molecule has 1 aromatic rings. The fourth-order valence-corrected chi connectivity index (χ4v) is 2.89. The largest absolute Gasteiger partial charge is 0.368 e. The molecular weight excluding hydrogens is 264 g/mol. The van der Waals surface area contributed by atoms with E-state index in [1.165, 1.54) is 24.9 Å². The fourth-order valence-electron chi connectivity index (χ4n) is 2.40. The zero-order chi connectivity index (χ0) is 11.5.